The maximum absolute atomic E-state index is 13.7. The molecule has 2 aromatic carbocycles. The van der Waals surface area contributed by atoms with E-state index in [1.54, 1.807) is 16.9 Å². The van der Waals surface area contributed by atoms with Crippen LogP contribution in [0.15, 0.2) is 46.6 Å². The van der Waals surface area contributed by atoms with E-state index in [1.807, 2.05) is 26.1 Å². The number of ether oxygens (including phenoxy) is 1. The molecule has 23 heavy (non-hydrogen) atoms. The van der Waals surface area contributed by atoms with Crippen molar-refractivity contribution in [2.75, 3.05) is 0 Å². The summed E-state index contributed by atoms with van der Waals surface area (Å²) in [4.78, 5) is 0. The summed E-state index contributed by atoms with van der Waals surface area (Å²) in [6, 6.07) is 6.79. The van der Waals surface area contributed by atoms with E-state index in [0.29, 0.717) is 10.2 Å². The molecule has 1 heterocycles. The van der Waals surface area contributed by atoms with E-state index < -0.39 is 11.6 Å². The molecular formula is C17H13BrF2N2O. The zero-order valence-corrected chi connectivity index (χ0v) is 14.1. The monoisotopic (exact) mass is 378 g/mol. The van der Waals surface area contributed by atoms with Gasteiger partial charge in [0, 0.05) is 17.7 Å². The van der Waals surface area contributed by atoms with E-state index >= 15 is 0 Å². The maximum Gasteiger partial charge on any atom is 0.168 e. The first-order valence-electron chi connectivity index (χ1n) is 6.89. The Balaban J connectivity index is 2.02. The lowest BCUT2D eigenvalue weighted by atomic mass is 10.2. The molecule has 0 unspecified atom stereocenters. The largest absolute Gasteiger partial charge is 0.453 e. The van der Waals surface area contributed by atoms with Gasteiger partial charge in [-0.15, -0.1) is 0 Å². The number of halogens is 3. The molecular weight excluding hydrogens is 366 g/mol. The van der Waals surface area contributed by atoms with Gasteiger partial charge in [0.2, 0.25) is 0 Å². The number of hydrogen-bond donors (Lipinski definition) is 0. The molecule has 3 aromatic rings. The van der Waals surface area contributed by atoms with Crippen LogP contribution in [-0.4, -0.2) is 9.78 Å². The zero-order valence-electron chi connectivity index (χ0n) is 12.5. The third kappa shape index (κ3) is 3.27. The van der Waals surface area contributed by atoms with E-state index in [4.69, 9.17) is 4.74 Å². The summed E-state index contributed by atoms with van der Waals surface area (Å²) in [5, 5.41) is 5.14. The van der Waals surface area contributed by atoms with E-state index in [9.17, 15) is 8.78 Å². The van der Waals surface area contributed by atoms with Crippen LogP contribution in [0, 0.1) is 11.6 Å². The molecule has 0 aliphatic rings. The second kappa shape index (κ2) is 6.12. The van der Waals surface area contributed by atoms with Crippen molar-refractivity contribution in [3.63, 3.8) is 0 Å². The molecule has 0 radical (unpaired) electrons. The lowest BCUT2D eigenvalue weighted by Gasteiger charge is -2.09. The van der Waals surface area contributed by atoms with E-state index in [2.05, 4.69) is 21.0 Å². The van der Waals surface area contributed by atoms with Crippen LogP contribution >= 0.6 is 15.9 Å². The first-order valence-corrected chi connectivity index (χ1v) is 7.68. The minimum absolute atomic E-state index is 0.0388. The average molecular weight is 379 g/mol. The van der Waals surface area contributed by atoms with E-state index in [-0.39, 0.29) is 5.75 Å². The maximum atomic E-state index is 13.7. The van der Waals surface area contributed by atoms with Crippen LogP contribution in [0.1, 0.15) is 13.8 Å². The smallest absolute Gasteiger partial charge is 0.168 e. The van der Waals surface area contributed by atoms with Crippen LogP contribution in [0.4, 0.5) is 8.78 Å². The molecule has 0 saturated heterocycles. The topological polar surface area (TPSA) is 27.1 Å². The van der Waals surface area contributed by atoms with E-state index in [1.165, 1.54) is 6.07 Å². The summed E-state index contributed by atoms with van der Waals surface area (Å²) in [5.41, 5.74) is 2.00. The summed E-state index contributed by atoms with van der Waals surface area (Å²) < 4.78 is 34.6. The molecule has 0 spiro atoms. The Morgan fingerprint density at radius 1 is 1.17 bits per heavy atom. The molecule has 6 heteroatoms. The predicted molar refractivity (Wildman–Crippen MR) is 89.5 cm³/mol. The molecule has 0 atom stereocenters. The summed E-state index contributed by atoms with van der Waals surface area (Å²) in [7, 11) is 0. The number of hydrogen-bond acceptors (Lipinski definition) is 2. The molecule has 3 nitrogen and oxygen atoms in total. The lowest BCUT2D eigenvalue weighted by molar-refractivity contribution is 0.436. The molecule has 0 aliphatic carbocycles. The zero-order chi connectivity index (χ0) is 16.6. The predicted octanol–water partition coefficient (Wildman–Crippen LogP) is 5.75. The van der Waals surface area contributed by atoms with Gasteiger partial charge >= 0.3 is 0 Å². The van der Waals surface area contributed by atoms with Crippen LogP contribution in [0.5, 0.6) is 11.5 Å². The highest BCUT2D eigenvalue weighted by Gasteiger charge is 2.12. The third-order valence-corrected chi connectivity index (χ3v) is 3.76. The van der Waals surface area contributed by atoms with Gasteiger partial charge < -0.3 is 4.74 Å². The first kappa shape index (κ1) is 15.7. The van der Waals surface area contributed by atoms with Gasteiger partial charge in [0.1, 0.15) is 11.6 Å². The van der Waals surface area contributed by atoms with Crippen molar-refractivity contribution in [3.8, 4) is 11.5 Å². The van der Waals surface area contributed by atoms with Crippen LogP contribution in [0.25, 0.3) is 17.1 Å². The number of rotatable bonds is 3. The number of fused-ring (bicyclic) bond motifs is 1. The number of allylic oxidation sites excluding steroid dienone is 1. The van der Waals surface area contributed by atoms with Crippen molar-refractivity contribution in [3.05, 3.63) is 58.2 Å². The van der Waals surface area contributed by atoms with Gasteiger partial charge in [0.15, 0.2) is 11.6 Å². The van der Waals surface area contributed by atoms with Gasteiger partial charge in [0.05, 0.1) is 16.2 Å². The van der Waals surface area contributed by atoms with Crippen molar-refractivity contribution in [1.82, 2.24) is 9.78 Å². The Morgan fingerprint density at radius 2 is 1.96 bits per heavy atom. The summed E-state index contributed by atoms with van der Waals surface area (Å²) >= 11 is 3.42. The molecule has 0 aliphatic heterocycles. The highest BCUT2D eigenvalue weighted by Crippen LogP contribution is 2.35. The molecule has 0 saturated carbocycles. The van der Waals surface area contributed by atoms with E-state index in [0.717, 1.165) is 28.6 Å². The van der Waals surface area contributed by atoms with Gasteiger partial charge in [-0.05, 0) is 54.0 Å². The summed E-state index contributed by atoms with van der Waals surface area (Å²) in [5.74, 6) is -1.01. The van der Waals surface area contributed by atoms with Crippen LogP contribution in [0.2, 0.25) is 0 Å². The summed E-state index contributed by atoms with van der Waals surface area (Å²) in [6.45, 7) is 3.97. The van der Waals surface area contributed by atoms with Gasteiger partial charge in [-0.3, -0.25) is 0 Å². The molecule has 0 amide bonds. The lowest BCUT2D eigenvalue weighted by Crippen LogP contribution is -1.92. The molecule has 1 aromatic heterocycles. The average Bonchev–Trinajstić information content (AvgIpc) is 2.84. The normalized spacial score (nSPS) is 10.8. The van der Waals surface area contributed by atoms with Crippen LogP contribution in [-0.2, 0) is 0 Å². The van der Waals surface area contributed by atoms with Gasteiger partial charge in [-0.25, -0.2) is 13.5 Å². The van der Waals surface area contributed by atoms with Crippen molar-refractivity contribution in [2.24, 2.45) is 0 Å². The Morgan fingerprint density at radius 3 is 2.65 bits per heavy atom. The minimum Gasteiger partial charge on any atom is -0.453 e. The number of aromatic nitrogens is 2. The van der Waals surface area contributed by atoms with Crippen molar-refractivity contribution >= 4 is 33.0 Å². The second-order valence-corrected chi connectivity index (χ2v) is 6.17. The first-order chi connectivity index (χ1) is 10.9. The van der Waals surface area contributed by atoms with Crippen molar-refractivity contribution in [2.45, 2.75) is 13.8 Å². The highest BCUT2D eigenvalue weighted by atomic mass is 79.9. The Hall–Kier alpha value is -2.21. The minimum atomic E-state index is -0.753. The molecule has 0 N–H and O–H groups in total. The molecule has 0 bridgehead atoms. The molecule has 118 valence electrons. The van der Waals surface area contributed by atoms with Crippen LogP contribution < -0.4 is 4.74 Å². The van der Waals surface area contributed by atoms with Crippen molar-refractivity contribution < 1.29 is 13.5 Å². The fourth-order valence-corrected chi connectivity index (χ4v) is 2.56. The third-order valence-electron chi connectivity index (χ3n) is 3.14. The number of nitrogens with zero attached hydrogens (tertiary/aromatic N) is 2. The van der Waals surface area contributed by atoms with Gasteiger partial charge in [-0.2, -0.15) is 5.10 Å². The molecule has 0 fully saturated rings. The van der Waals surface area contributed by atoms with Gasteiger partial charge in [-0.1, -0.05) is 5.57 Å². The number of benzene rings is 2. The summed E-state index contributed by atoms with van der Waals surface area (Å²) in [6.07, 6.45) is 3.62. The Kier molecular flexibility index (Phi) is 4.17. The van der Waals surface area contributed by atoms with Crippen molar-refractivity contribution in [1.29, 1.82) is 0 Å². The van der Waals surface area contributed by atoms with Gasteiger partial charge in [0.25, 0.3) is 0 Å². The SMILES string of the molecule is CC(C)=Cn1ncc2cc(Oc3ccc(F)cc3F)c(Br)cc21. The Labute approximate surface area is 140 Å². The fourth-order valence-electron chi connectivity index (χ4n) is 2.15. The molecule has 3 rings (SSSR count). The standard InChI is InChI=1S/C17H13BrF2N2O/c1-10(2)9-22-15-7-13(18)17(5-11(15)8-21-22)23-16-4-3-12(19)6-14(16)20/h3-9H,1-2H3. The second-order valence-electron chi connectivity index (χ2n) is 5.31. The fraction of sp³-hybridized carbons (Fsp3) is 0.118. The highest BCUT2D eigenvalue weighted by molar-refractivity contribution is 9.10. The Bertz CT molecular complexity index is 914. The van der Waals surface area contributed by atoms with Crippen LogP contribution in [0.3, 0.4) is 0 Å². The quantitative estimate of drug-likeness (QED) is 0.580.